The first-order valence-corrected chi connectivity index (χ1v) is 6.68. The maximum atomic E-state index is 12.2. The van der Waals surface area contributed by atoms with Crippen LogP contribution < -0.4 is 5.32 Å². The zero-order chi connectivity index (χ0) is 13.2. The number of fused-ring (bicyclic) bond motifs is 1. The van der Waals surface area contributed by atoms with Crippen LogP contribution in [0.4, 0.5) is 5.69 Å². The van der Waals surface area contributed by atoms with Crippen molar-refractivity contribution < 1.29 is 4.79 Å². The van der Waals surface area contributed by atoms with Crippen molar-refractivity contribution in [2.75, 3.05) is 5.32 Å². The minimum Gasteiger partial charge on any atom is -0.348 e. The maximum Gasteiger partial charge on any atom is 0.227 e. The van der Waals surface area contributed by atoms with E-state index in [4.69, 9.17) is 11.6 Å². The van der Waals surface area contributed by atoms with Gasteiger partial charge < -0.3 is 10.3 Å². The Kier molecular flexibility index (Phi) is 3.25. The van der Waals surface area contributed by atoms with E-state index in [0.717, 1.165) is 36.3 Å². The summed E-state index contributed by atoms with van der Waals surface area (Å²) in [6, 6.07) is 7.16. The summed E-state index contributed by atoms with van der Waals surface area (Å²) in [6.07, 6.45) is 4.13. The predicted octanol–water partition coefficient (Wildman–Crippen LogP) is 2.81. The molecule has 0 spiro atoms. The molecule has 1 atom stereocenters. The van der Waals surface area contributed by atoms with Crippen molar-refractivity contribution in [1.29, 1.82) is 0 Å². The molecule has 2 aromatic rings. The van der Waals surface area contributed by atoms with E-state index in [9.17, 15) is 4.79 Å². The van der Waals surface area contributed by atoms with Crippen LogP contribution in [0.5, 0.6) is 0 Å². The molecule has 0 radical (unpaired) electrons. The van der Waals surface area contributed by atoms with Crippen LogP contribution in [0.2, 0.25) is 5.02 Å². The second-order valence-corrected chi connectivity index (χ2v) is 5.20. The van der Waals surface area contributed by atoms with Crippen LogP contribution in [0.1, 0.15) is 17.8 Å². The number of aromatic amines is 1. The first-order chi connectivity index (χ1) is 9.22. The second kappa shape index (κ2) is 5.05. The van der Waals surface area contributed by atoms with Crippen molar-refractivity contribution in [2.24, 2.45) is 5.92 Å². The number of carbonyl (C=O) groups excluding carboxylic acids is 1. The van der Waals surface area contributed by atoms with Crippen molar-refractivity contribution in [1.82, 2.24) is 9.97 Å². The smallest absolute Gasteiger partial charge is 0.227 e. The van der Waals surface area contributed by atoms with Crippen LogP contribution in [0, 0.1) is 5.92 Å². The molecule has 5 heteroatoms. The first kappa shape index (κ1) is 12.2. The number of hydrogen-bond acceptors (Lipinski definition) is 2. The highest BCUT2D eigenvalue weighted by Gasteiger charge is 2.26. The highest BCUT2D eigenvalue weighted by atomic mass is 35.5. The van der Waals surface area contributed by atoms with Gasteiger partial charge in [0.05, 0.1) is 12.0 Å². The van der Waals surface area contributed by atoms with Crippen LogP contribution in [-0.2, 0) is 17.6 Å². The molecular weight excluding hydrogens is 262 g/mol. The van der Waals surface area contributed by atoms with Crippen LogP contribution in [0.15, 0.2) is 30.6 Å². The highest BCUT2D eigenvalue weighted by molar-refractivity contribution is 6.30. The molecule has 4 nitrogen and oxygen atoms in total. The molecular formula is C14H14ClN3O. The Hall–Kier alpha value is -1.81. The largest absolute Gasteiger partial charge is 0.348 e. The quantitative estimate of drug-likeness (QED) is 0.885. The standard InChI is InChI=1S/C14H14ClN3O/c15-10-2-4-11(5-3-10)18-14(19)9-1-6-12-13(7-9)17-8-16-12/h2-5,8-9H,1,6-7H2,(H,16,17)(H,18,19). The number of rotatable bonds is 2. The molecule has 98 valence electrons. The van der Waals surface area contributed by atoms with Gasteiger partial charge in [-0.15, -0.1) is 0 Å². The molecule has 2 N–H and O–H groups in total. The Morgan fingerprint density at radius 1 is 1.37 bits per heavy atom. The fourth-order valence-corrected chi connectivity index (χ4v) is 2.53. The minimum atomic E-state index is 0.00336. The summed E-state index contributed by atoms with van der Waals surface area (Å²) < 4.78 is 0. The van der Waals surface area contributed by atoms with Crippen LogP contribution in [-0.4, -0.2) is 15.9 Å². The zero-order valence-corrected chi connectivity index (χ0v) is 11.1. The Balaban J connectivity index is 1.67. The minimum absolute atomic E-state index is 0.00336. The van der Waals surface area contributed by atoms with E-state index in [2.05, 4.69) is 15.3 Å². The van der Waals surface area contributed by atoms with Gasteiger partial charge in [0.25, 0.3) is 0 Å². The summed E-state index contributed by atoms with van der Waals surface area (Å²) in [4.78, 5) is 19.6. The number of aryl methyl sites for hydroxylation is 1. The molecule has 1 aromatic heterocycles. The molecule has 1 amide bonds. The highest BCUT2D eigenvalue weighted by Crippen LogP contribution is 2.24. The van der Waals surface area contributed by atoms with E-state index in [0.29, 0.717) is 5.02 Å². The second-order valence-electron chi connectivity index (χ2n) is 4.76. The molecule has 0 saturated heterocycles. The summed E-state index contributed by atoms with van der Waals surface area (Å²) in [7, 11) is 0. The predicted molar refractivity (Wildman–Crippen MR) is 74.2 cm³/mol. The Labute approximate surface area is 116 Å². The third kappa shape index (κ3) is 2.63. The van der Waals surface area contributed by atoms with Gasteiger partial charge in [-0.3, -0.25) is 4.79 Å². The van der Waals surface area contributed by atoms with Gasteiger partial charge in [0.1, 0.15) is 0 Å². The summed E-state index contributed by atoms with van der Waals surface area (Å²) in [6.45, 7) is 0. The number of H-pyrrole nitrogens is 1. The number of halogens is 1. The summed E-state index contributed by atoms with van der Waals surface area (Å²) >= 11 is 5.82. The van der Waals surface area contributed by atoms with E-state index in [1.165, 1.54) is 0 Å². The Morgan fingerprint density at radius 2 is 2.16 bits per heavy atom. The fraction of sp³-hybridized carbons (Fsp3) is 0.286. The van der Waals surface area contributed by atoms with E-state index < -0.39 is 0 Å². The third-order valence-electron chi connectivity index (χ3n) is 3.47. The molecule has 0 aliphatic heterocycles. The van der Waals surface area contributed by atoms with Crippen LogP contribution in [0.25, 0.3) is 0 Å². The molecule has 1 unspecified atom stereocenters. The molecule has 19 heavy (non-hydrogen) atoms. The van der Waals surface area contributed by atoms with Gasteiger partial charge in [-0.25, -0.2) is 4.98 Å². The van der Waals surface area contributed by atoms with Gasteiger partial charge in [-0.05, 0) is 37.1 Å². The first-order valence-electron chi connectivity index (χ1n) is 6.30. The molecule has 0 fully saturated rings. The van der Waals surface area contributed by atoms with E-state index in [1.54, 1.807) is 18.5 Å². The number of imidazole rings is 1. The molecule has 1 heterocycles. The fourth-order valence-electron chi connectivity index (χ4n) is 2.40. The van der Waals surface area contributed by atoms with Crippen molar-refractivity contribution >= 4 is 23.2 Å². The number of benzene rings is 1. The monoisotopic (exact) mass is 275 g/mol. The number of carbonyl (C=O) groups is 1. The summed E-state index contributed by atoms with van der Waals surface area (Å²) in [5.74, 6) is 0.0613. The average Bonchev–Trinajstić information content (AvgIpc) is 2.88. The lowest BCUT2D eigenvalue weighted by Crippen LogP contribution is -2.28. The van der Waals surface area contributed by atoms with Gasteiger partial charge in [-0.1, -0.05) is 11.6 Å². The number of amides is 1. The SMILES string of the molecule is O=C(Nc1ccc(Cl)cc1)C1CCc2nc[nH]c2C1. The topological polar surface area (TPSA) is 57.8 Å². The Bertz CT molecular complexity index is 591. The summed E-state index contributed by atoms with van der Waals surface area (Å²) in [5, 5.41) is 3.59. The Morgan fingerprint density at radius 3 is 2.95 bits per heavy atom. The van der Waals surface area contributed by atoms with E-state index in [-0.39, 0.29) is 11.8 Å². The molecule has 1 aliphatic rings. The number of hydrogen-bond donors (Lipinski definition) is 2. The zero-order valence-electron chi connectivity index (χ0n) is 10.3. The van der Waals surface area contributed by atoms with Crippen molar-refractivity contribution in [3.63, 3.8) is 0 Å². The van der Waals surface area contributed by atoms with Gasteiger partial charge in [0.2, 0.25) is 5.91 Å². The number of nitrogens with zero attached hydrogens (tertiary/aromatic N) is 1. The van der Waals surface area contributed by atoms with Crippen LogP contribution in [0.3, 0.4) is 0 Å². The maximum absolute atomic E-state index is 12.2. The van der Waals surface area contributed by atoms with Gasteiger partial charge >= 0.3 is 0 Å². The van der Waals surface area contributed by atoms with Gasteiger partial charge in [-0.2, -0.15) is 0 Å². The van der Waals surface area contributed by atoms with Crippen molar-refractivity contribution in [2.45, 2.75) is 19.3 Å². The molecule has 3 rings (SSSR count). The van der Waals surface area contributed by atoms with Gasteiger partial charge in [0, 0.05) is 28.7 Å². The van der Waals surface area contributed by atoms with Crippen molar-refractivity contribution in [3.05, 3.63) is 47.0 Å². The molecule has 1 aromatic carbocycles. The third-order valence-corrected chi connectivity index (χ3v) is 3.72. The average molecular weight is 276 g/mol. The molecule has 0 bridgehead atoms. The number of nitrogens with one attached hydrogen (secondary N) is 2. The van der Waals surface area contributed by atoms with E-state index >= 15 is 0 Å². The normalized spacial score (nSPS) is 17.8. The van der Waals surface area contributed by atoms with Crippen molar-refractivity contribution in [3.8, 4) is 0 Å². The summed E-state index contributed by atoms with van der Waals surface area (Å²) in [5.41, 5.74) is 2.96. The van der Waals surface area contributed by atoms with E-state index in [1.807, 2.05) is 12.1 Å². The number of anilines is 1. The number of aromatic nitrogens is 2. The lowest BCUT2D eigenvalue weighted by Gasteiger charge is -2.20. The van der Waals surface area contributed by atoms with Crippen LogP contribution >= 0.6 is 11.6 Å². The van der Waals surface area contributed by atoms with Gasteiger partial charge in [0.15, 0.2) is 0 Å². The molecule has 0 saturated carbocycles. The lowest BCUT2D eigenvalue weighted by atomic mass is 9.89. The lowest BCUT2D eigenvalue weighted by molar-refractivity contribution is -0.120. The molecule has 1 aliphatic carbocycles.